The second-order valence-corrected chi connectivity index (χ2v) is 9.48. The van der Waals surface area contributed by atoms with Crippen LogP contribution in [0.25, 0.3) is 0 Å². The average molecular weight is 461 g/mol. The molecule has 0 heterocycles. The maximum Gasteiger partial charge on any atom is 0.264 e. The molecule has 1 amide bonds. The quantitative estimate of drug-likeness (QED) is 0.471. The third-order valence-electron chi connectivity index (χ3n) is 4.47. The molecule has 3 aromatic rings. The molecular weight excluding hydrogens is 440 g/mol. The van der Waals surface area contributed by atoms with Crippen molar-refractivity contribution in [2.45, 2.75) is 16.7 Å². The van der Waals surface area contributed by atoms with E-state index in [1.54, 1.807) is 91.5 Å². The summed E-state index contributed by atoms with van der Waals surface area (Å²) in [5.41, 5.74) is 1.40. The molecule has 0 aromatic heterocycles. The minimum absolute atomic E-state index is 0.225. The summed E-state index contributed by atoms with van der Waals surface area (Å²) in [6.45, 7) is 2.03. The number of carbonyl (C=O) groups excluding carboxylic acids is 1. The zero-order valence-electron chi connectivity index (χ0n) is 16.5. The standard InChI is InChI=1S/C22H21ClN2O3S2/c1-3-25(30(27,28)19-14-12-18(29-2)13-15-19)17-10-8-16(9-11-17)22(26)24-21-7-5-4-6-20(21)23/h4-15H,3H2,1-2H3,(H,24,26). The monoisotopic (exact) mass is 460 g/mol. The van der Waals surface area contributed by atoms with Gasteiger partial charge in [0, 0.05) is 17.0 Å². The van der Waals surface area contributed by atoms with Gasteiger partial charge in [-0.15, -0.1) is 11.8 Å². The molecule has 0 saturated heterocycles. The Morgan fingerprint density at radius 3 is 2.20 bits per heavy atom. The van der Waals surface area contributed by atoms with E-state index in [0.717, 1.165) is 4.90 Å². The zero-order valence-corrected chi connectivity index (χ0v) is 18.9. The summed E-state index contributed by atoms with van der Waals surface area (Å²) in [4.78, 5) is 13.7. The number of halogens is 1. The molecule has 1 N–H and O–H groups in total. The highest BCUT2D eigenvalue weighted by Gasteiger charge is 2.23. The highest BCUT2D eigenvalue weighted by molar-refractivity contribution is 7.98. The average Bonchev–Trinajstić information content (AvgIpc) is 2.76. The summed E-state index contributed by atoms with van der Waals surface area (Å²) in [5, 5.41) is 3.19. The number of amides is 1. The Hall–Kier alpha value is -2.48. The lowest BCUT2D eigenvalue weighted by molar-refractivity contribution is 0.102. The van der Waals surface area contributed by atoms with Crippen molar-refractivity contribution in [2.75, 3.05) is 22.4 Å². The van der Waals surface area contributed by atoms with Crippen LogP contribution in [-0.2, 0) is 10.0 Å². The molecule has 0 radical (unpaired) electrons. The van der Waals surface area contributed by atoms with E-state index in [1.165, 1.54) is 4.31 Å². The first-order valence-electron chi connectivity index (χ1n) is 9.19. The molecule has 5 nitrogen and oxygen atoms in total. The van der Waals surface area contributed by atoms with Gasteiger partial charge in [-0.05, 0) is 73.8 Å². The van der Waals surface area contributed by atoms with Crippen LogP contribution in [0.15, 0.2) is 82.6 Å². The Morgan fingerprint density at radius 2 is 1.63 bits per heavy atom. The number of nitrogens with zero attached hydrogens (tertiary/aromatic N) is 1. The van der Waals surface area contributed by atoms with Gasteiger partial charge in [0.25, 0.3) is 15.9 Å². The Balaban J connectivity index is 1.82. The van der Waals surface area contributed by atoms with Gasteiger partial charge < -0.3 is 5.32 Å². The fourth-order valence-electron chi connectivity index (χ4n) is 2.90. The van der Waals surface area contributed by atoms with Crippen molar-refractivity contribution in [3.63, 3.8) is 0 Å². The highest BCUT2D eigenvalue weighted by atomic mass is 35.5. The van der Waals surface area contributed by atoms with Gasteiger partial charge in [0.15, 0.2) is 0 Å². The summed E-state index contributed by atoms with van der Waals surface area (Å²) in [7, 11) is -3.71. The topological polar surface area (TPSA) is 66.5 Å². The first-order chi connectivity index (χ1) is 14.4. The number of carbonyl (C=O) groups is 1. The minimum Gasteiger partial charge on any atom is -0.321 e. The molecule has 0 aliphatic rings. The van der Waals surface area contributed by atoms with Gasteiger partial charge >= 0.3 is 0 Å². The maximum absolute atomic E-state index is 13.1. The summed E-state index contributed by atoms with van der Waals surface area (Å²) < 4.78 is 27.5. The van der Waals surface area contributed by atoms with Crippen LogP contribution in [0.4, 0.5) is 11.4 Å². The first-order valence-corrected chi connectivity index (χ1v) is 12.2. The number of benzene rings is 3. The van der Waals surface area contributed by atoms with Gasteiger partial charge in [0.2, 0.25) is 0 Å². The van der Waals surface area contributed by atoms with E-state index < -0.39 is 10.0 Å². The predicted octanol–water partition coefficient (Wildman–Crippen LogP) is 5.53. The Kier molecular flexibility index (Phi) is 7.07. The van der Waals surface area contributed by atoms with Crippen LogP contribution in [-0.4, -0.2) is 27.1 Å². The molecule has 3 rings (SSSR count). The molecule has 8 heteroatoms. The van der Waals surface area contributed by atoms with Crippen molar-refractivity contribution in [3.8, 4) is 0 Å². The number of thioether (sulfide) groups is 1. The molecule has 30 heavy (non-hydrogen) atoms. The molecule has 0 unspecified atom stereocenters. The first kappa shape index (κ1) is 22.2. The van der Waals surface area contributed by atoms with Crippen LogP contribution in [0, 0.1) is 0 Å². The van der Waals surface area contributed by atoms with Gasteiger partial charge in [-0.3, -0.25) is 9.10 Å². The molecule has 3 aromatic carbocycles. The van der Waals surface area contributed by atoms with Crippen molar-refractivity contribution in [1.29, 1.82) is 0 Å². The lowest BCUT2D eigenvalue weighted by Crippen LogP contribution is -2.30. The molecule has 0 aliphatic heterocycles. The maximum atomic E-state index is 13.1. The molecule has 156 valence electrons. The van der Waals surface area contributed by atoms with Crippen molar-refractivity contribution >= 4 is 50.7 Å². The van der Waals surface area contributed by atoms with Crippen LogP contribution >= 0.6 is 23.4 Å². The number of nitrogens with one attached hydrogen (secondary N) is 1. The lowest BCUT2D eigenvalue weighted by Gasteiger charge is -2.23. The fourth-order valence-corrected chi connectivity index (χ4v) is 4.97. The number of rotatable bonds is 7. The van der Waals surface area contributed by atoms with E-state index in [0.29, 0.717) is 22.0 Å². The van der Waals surface area contributed by atoms with Crippen molar-refractivity contribution in [1.82, 2.24) is 0 Å². The number of hydrogen-bond donors (Lipinski definition) is 1. The van der Waals surface area contributed by atoms with E-state index in [2.05, 4.69) is 5.32 Å². The van der Waals surface area contributed by atoms with Crippen LogP contribution in [0.3, 0.4) is 0 Å². The smallest absolute Gasteiger partial charge is 0.264 e. The van der Waals surface area contributed by atoms with E-state index in [9.17, 15) is 13.2 Å². The van der Waals surface area contributed by atoms with Crippen LogP contribution in [0.5, 0.6) is 0 Å². The van der Waals surface area contributed by atoms with Crippen LogP contribution in [0.2, 0.25) is 5.02 Å². The Labute approximate surface area is 186 Å². The second-order valence-electron chi connectivity index (χ2n) is 6.33. The molecular formula is C22H21ClN2O3S2. The zero-order chi connectivity index (χ0) is 21.7. The molecule has 0 spiro atoms. The highest BCUT2D eigenvalue weighted by Crippen LogP contribution is 2.26. The van der Waals surface area contributed by atoms with Gasteiger partial charge in [-0.1, -0.05) is 23.7 Å². The SMILES string of the molecule is CCN(c1ccc(C(=O)Nc2ccccc2Cl)cc1)S(=O)(=O)c1ccc(SC)cc1. The van der Waals surface area contributed by atoms with Crippen LogP contribution < -0.4 is 9.62 Å². The van der Waals surface area contributed by atoms with Gasteiger partial charge in [0.1, 0.15) is 0 Å². The lowest BCUT2D eigenvalue weighted by atomic mass is 10.2. The van der Waals surface area contributed by atoms with E-state index in [1.807, 2.05) is 6.26 Å². The molecule has 0 saturated carbocycles. The largest absolute Gasteiger partial charge is 0.321 e. The van der Waals surface area contributed by atoms with Gasteiger partial charge in [-0.25, -0.2) is 8.42 Å². The summed E-state index contributed by atoms with van der Waals surface area (Å²) in [6.07, 6.45) is 1.94. The number of para-hydroxylation sites is 1. The van der Waals surface area contributed by atoms with Gasteiger partial charge in [-0.2, -0.15) is 0 Å². The number of sulfonamides is 1. The Morgan fingerprint density at radius 1 is 1.00 bits per heavy atom. The van der Waals surface area contributed by atoms with Crippen molar-refractivity contribution < 1.29 is 13.2 Å². The van der Waals surface area contributed by atoms with E-state index in [4.69, 9.17) is 11.6 Å². The van der Waals surface area contributed by atoms with Crippen LogP contribution in [0.1, 0.15) is 17.3 Å². The normalized spacial score (nSPS) is 11.2. The minimum atomic E-state index is -3.71. The molecule has 0 aliphatic carbocycles. The second kappa shape index (κ2) is 9.55. The summed E-state index contributed by atoms with van der Waals surface area (Å²) in [5.74, 6) is -0.326. The molecule has 0 bridgehead atoms. The fraction of sp³-hybridized carbons (Fsp3) is 0.136. The summed E-state index contributed by atoms with van der Waals surface area (Å²) >= 11 is 7.63. The van der Waals surface area contributed by atoms with Crippen molar-refractivity contribution in [3.05, 3.63) is 83.4 Å². The molecule has 0 fully saturated rings. The van der Waals surface area contributed by atoms with Gasteiger partial charge in [0.05, 0.1) is 21.3 Å². The predicted molar refractivity (Wildman–Crippen MR) is 124 cm³/mol. The summed E-state index contributed by atoms with van der Waals surface area (Å²) in [6, 6.07) is 20.2. The third kappa shape index (κ3) is 4.80. The van der Waals surface area contributed by atoms with E-state index in [-0.39, 0.29) is 17.3 Å². The van der Waals surface area contributed by atoms with E-state index >= 15 is 0 Å². The molecule has 0 atom stereocenters. The van der Waals surface area contributed by atoms with Crippen molar-refractivity contribution in [2.24, 2.45) is 0 Å². The third-order valence-corrected chi connectivity index (χ3v) is 7.46. The Bertz CT molecular complexity index is 1130. The number of hydrogen-bond acceptors (Lipinski definition) is 4. The number of anilines is 2.